The van der Waals surface area contributed by atoms with E-state index in [1.165, 1.54) is 0 Å². The molecule has 0 amide bonds. The van der Waals surface area contributed by atoms with Crippen molar-refractivity contribution in [3.05, 3.63) is 29.3 Å². The summed E-state index contributed by atoms with van der Waals surface area (Å²) in [4.78, 5) is 3.34. The van der Waals surface area contributed by atoms with Gasteiger partial charge < -0.3 is 0 Å². The molecule has 5 heteroatoms. The number of nitrogens with zero attached hydrogens (tertiary/aromatic N) is 1. The first-order valence-corrected chi connectivity index (χ1v) is 4.05. The Hall–Kier alpha value is -1.13. The molecule has 0 saturated heterocycles. The molecule has 0 aromatic carbocycles. The van der Waals surface area contributed by atoms with Crippen LogP contribution in [0.25, 0.3) is 0 Å². The third kappa shape index (κ3) is 2.43. The van der Waals surface area contributed by atoms with E-state index in [4.69, 9.17) is 0 Å². The summed E-state index contributed by atoms with van der Waals surface area (Å²) < 4.78 is 49.3. The number of halogens is 4. The molecule has 0 unspecified atom stereocenters. The molecular formula is C9H9F4N. The van der Waals surface area contributed by atoms with Crippen LogP contribution in [0.3, 0.4) is 0 Å². The lowest BCUT2D eigenvalue weighted by molar-refractivity contribution is -0.141. The maximum absolute atomic E-state index is 12.8. The Kier molecular flexibility index (Phi) is 2.78. The highest BCUT2D eigenvalue weighted by atomic mass is 19.4. The van der Waals surface area contributed by atoms with Crippen LogP contribution in [0.1, 0.15) is 31.2 Å². The second-order valence-corrected chi connectivity index (χ2v) is 3.25. The van der Waals surface area contributed by atoms with E-state index in [1.807, 2.05) is 0 Å². The molecule has 0 bridgehead atoms. The van der Waals surface area contributed by atoms with Gasteiger partial charge in [0.1, 0.15) is 11.5 Å². The number of pyridine rings is 1. The van der Waals surface area contributed by atoms with Crippen LogP contribution in [0.15, 0.2) is 12.1 Å². The molecule has 1 nitrogen and oxygen atoms in total. The summed E-state index contributed by atoms with van der Waals surface area (Å²) in [5.74, 6) is -1.14. The quantitative estimate of drug-likeness (QED) is 0.643. The van der Waals surface area contributed by atoms with E-state index in [-0.39, 0.29) is 11.6 Å². The van der Waals surface area contributed by atoms with Gasteiger partial charge in [-0.1, -0.05) is 13.8 Å². The van der Waals surface area contributed by atoms with Crippen molar-refractivity contribution in [2.24, 2.45) is 0 Å². The van der Waals surface area contributed by atoms with Gasteiger partial charge in [0.25, 0.3) is 0 Å². The fraction of sp³-hybridized carbons (Fsp3) is 0.444. The minimum Gasteiger partial charge on any atom is -0.248 e. The third-order valence-electron chi connectivity index (χ3n) is 1.69. The Balaban J connectivity index is 3.21. The SMILES string of the molecule is CC(C)c1cc(F)cc(C(F)(F)F)n1. The zero-order valence-electron chi connectivity index (χ0n) is 7.69. The molecule has 0 saturated carbocycles. The maximum Gasteiger partial charge on any atom is 0.433 e. The average Bonchev–Trinajstić information content (AvgIpc) is 2.01. The van der Waals surface area contributed by atoms with E-state index >= 15 is 0 Å². The van der Waals surface area contributed by atoms with Gasteiger partial charge in [0.15, 0.2) is 0 Å². The number of aromatic nitrogens is 1. The summed E-state index contributed by atoms with van der Waals surface area (Å²) in [5, 5.41) is 0. The molecule has 0 spiro atoms. The first kappa shape index (κ1) is 10.9. The predicted octanol–water partition coefficient (Wildman–Crippen LogP) is 3.36. The Morgan fingerprint density at radius 2 is 1.79 bits per heavy atom. The average molecular weight is 207 g/mol. The van der Waals surface area contributed by atoms with E-state index in [2.05, 4.69) is 4.98 Å². The summed E-state index contributed by atoms with van der Waals surface area (Å²) in [7, 11) is 0. The standard InChI is InChI=1S/C9H9F4N/c1-5(2)7-3-6(10)4-8(14-7)9(11,12)13/h3-5H,1-2H3. The number of hydrogen-bond donors (Lipinski definition) is 0. The van der Waals surface area contributed by atoms with Gasteiger partial charge in [-0.05, 0) is 12.0 Å². The van der Waals surface area contributed by atoms with Gasteiger partial charge >= 0.3 is 6.18 Å². The molecule has 0 fully saturated rings. The molecule has 1 heterocycles. The van der Waals surface area contributed by atoms with Crippen LogP contribution in [-0.4, -0.2) is 4.98 Å². The van der Waals surface area contributed by atoms with E-state index in [0.717, 1.165) is 6.07 Å². The summed E-state index contributed by atoms with van der Waals surface area (Å²) in [5.41, 5.74) is -1.07. The molecule has 1 rings (SSSR count). The van der Waals surface area contributed by atoms with Gasteiger partial charge in [-0.25, -0.2) is 9.37 Å². The van der Waals surface area contributed by atoms with Crippen LogP contribution in [0, 0.1) is 5.82 Å². The van der Waals surface area contributed by atoms with Crippen LogP contribution in [0.2, 0.25) is 0 Å². The van der Waals surface area contributed by atoms with Gasteiger partial charge in [0.2, 0.25) is 0 Å². The van der Waals surface area contributed by atoms with Crippen LogP contribution in [-0.2, 0) is 6.18 Å². The third-order valence-corrected chi connectivity index (χ3v) is 1.69. The van der Waals surface area contributed by atoms with Gasteiger partial charge in [0, 0.05) is 11.8 Å². The van der Waals surface area contributed by atoms with Crippen molar-refractivity contribution in [3.8, 4) is 0 Å². The molecule has 1 aromatic heterocycles. The van der Waals surface area contributed by atoms with Crippen LogP contribution >= 0.6 is 0 Å². The summed E-state index contributed by atoms with van der Waals surface area (Å²) in [6.45, 7) is 3.31. The van der Waals surface area contributed by atoms with Gasteiger partial charge in [-0.3, -0.25) is 0 Å². The molecule has 14 heavy (non-hydrogen) atoms. The van der Waals surface area contributed by atoms with Crippen molar-refractivity contribution in [2.45, 2.75) is 25.9 Å². The highest BCUT2D eigenvalue weighted by molar-refractivity contribution is 5.17. The van der Waals surface area contributed by atoms with Crippen molar-refractivity contribution in [1.82, 2.24) is 4.98 Å². The first-order valence-electron chi connectivity index (χ1n) is 4.05. The Morgan fingerprint density at radius 3 is 2.21 bits per heavy atom. The van der Waals surface area contributed by atoms with Gasteiger partial charge in [-0.15, -0.1) is 0 Å². The molecule has 78 valence electrons. The van der Waals surface area contributed by atoms with E-state index in [9.17, 15) is 17.6 Å². The fourth-order valence-electron chi connectivity index (χ4n) is 0.958. The Labute approximate surface area is 78.8 Å². The molecular weight excluding hydrogens is 198 g/mol. The summed E-state index contributed by atoms with van der Waals surface area (Å²) in [6, 6.07) is 1.41. The number of rotatable bonds is 1. The number of alkyl halides is 3. The van der Waals surface area contributed by atoms with Crippen LogP contribution in [0.4, 0.5) is 17.6 Å². The first-order chi connectivity index (χ1) is 6.30. The molecule has 0 aliphatic carbocycles. The van der Waals surface area contributed by atoms with E-state index < -0.39 is 17.7 Å². The minimum atomic E-state index is -4.59. The van der Waals surface area contributed by atoms with Crippen LogP contribution < -0.4 is 0 Å². The van der Waals surface area contributed by atoms with E-state index in [0.29, 0.717) is 6.07 Å². The smallest absolute Gasteiger partial charge is 0.248 e. The van der Waals surface area contributed by atoms with Crippen molar-refractivity contribution >= 4 is 0 Å². The molecule has 1 aromatic rings. The van der Waals surface area contributed by atoms with Crippen LogP contribution in [0.5, 0.6) is 0 Å². The molecule has 0 N–H and O–H groups in total. The van der Waals surface area contributed by atoms with Gasteiger partial charge in [-0.2, -0.15) is 13.2 Å². The lowest BCUT2D eigenvalue weighted by Gasteiger charge is -2.09. The highest BCUT2D eigenvalue weighted by Gasteiger charge is 2.33. The van der Waals surface area contributed by atoms with Crippen molar-refractivity contribution in [3.63, 3.8) is 0 Å². The monoisotopic (exact) mass is 207 g/mol. The molecule has 0 radical (unpaired) electrons. The molecule has 0 aliphatic rings. The lowest BCUT2D eigenvalue weighted by atomic mass is 10.1. The van der Waals surface area contributed by atoms with Crippen molar-refractivity contribution in [2.75, 3.05) is 0 Å². The normalized spacial score (nSPS) is 12.2. The highest BCUT2D eigenvalue weighted by Crippen LogP contribution is 2.29. The predicted molar refractivity (Wildman–Crippen MR) is 43.3 cm³/mol. The molecule has 0 atom stereocenters. The Morgan fingerprint density at radius 1 is 1.21 bits per heavy atom. The zero-order chi connectivity index (χ0) is 10.9. The largest absolute Gasteiger partial charge is 0.433 e. The molecule has 0 aliphatic heterocycles. The van der Waals surface area contributed by atoms with Crippen molar-refractivity contribution < 1.29 is 17.6 Å². The van der Waals surface area contributed by atoms with E-state index in [1.54, 1.807) is 13.8 Å². The minimum absolute atomic E-state index is 0.109. The van der Waals surface area contributed by atoms with Gasteiger partial charge in [0.05, 0.1) is 0 Å². The second-order valence-electron chi connectivity index (χ2n) is 3.25. The second kappa shape index (κ2) is 3.55. The van der Waals surface area contributed by atoms with Crippen molar-refractivity contribution in [1.29, 1.82) is 0 Å². The summed E-state index contributed by atoms with van der Waals surface area (Å²) in [6.07, 6.45) is -4.59. The maximum atomic E-state index is 12.8. The summed E-state index contributed by atoms with van der Waals surface area (Å²) >= 11 is 0. The fourth-order valence-corrected chi connectivity index (χ4v) is 0.958. The number of hydrogen-bond acceptors (Lipinski definition) is 1. The topological polar surface area (TPSA) is 12.9 Å². The lowest BCUT2D eigenvalue weighted by Crippen LogP contribution is -2.10. The Bertz CT molecular complexity index is 330. The zero-order valence-corrected chi connectivity index (χ0v) is 7.69.